The molecule has 0 bridgehead atoms. The zero-order chi connectivity index (χ0) is 8.23. The van der Waals surface area contributed by atoms with Crippen LogP contribution in [0, 0.1) is 0 Å². The van der Waals surface area contributed by atoms with Crippen molar-refractivity contribution in [3.63, 3.8) is 0 Å². The molecule has 0 atom stereocenters. The molecule has 0 aromatic rings. The van der Waals surface area contributed by atoms with Crippen LogP contribution in [0.25, 0.3) is 0 Å². The van der Waals surface area contributed by atoms with Gasteiger partial charge in [-0.2, -0.15) is 0 Å². The fourth-order valence-electron chi connectivity index (χ4n) is 0.961. The van der Waals surface area contributed by atoms with Crippen LogP contribution in [0.2, 0.25) is 0 Å². The van der Waals surface area contributed by atoms with Gasteiger partial charge in [0.05, 0.1) is 12.5 Å². The van der Waals surface area contributed by atoms with E-state index in [9.17, 15) is 0 Å². The Labute approximate surface area is 70.8 Å². The van der Waals surface area contributed by atoms with E-state index in [1.165, 1.54) is 0 Å². The van der Waals surface area contributed by atoms with Gasteiger partial charge >= 0.3 is 0 Å². The van der Waals surface area contributed by atoms with Gasteiger partial charge in [0.2, 0.25) is 0 Å². The minimum atomic E-state index is 0.734. The molecule has 60 valence electrons. The van der Waals surface area contributed by atoms with Crippen molar-refractivity contribution in [2.45, 2.75) is 0 Å². The Kier molecular flexibility index (Phi) is 1.82. The molecule has 0 aromatic heterocycles. The van der Waals surface area contributed by atoms with E-state index in [4.69, 9.17) is 9.47 Å². The molecule has 0 aliphatic carbocycles. The van der Waals surface area contributed by atoms with Crippen LogP contribution in [0.4, 0.5) is 0 Å². The van der Waals surface area contributed by atoms with Crippen molar-refractivity contribution in [1.29, 1.82) is 0 Å². The summed E-state index contributed by atoms with van der Waals surface area (Å²) in [5, 5.41) is 0. The molecule has 2 rings (SSSR count). The molecule has 0 aromatic carbocycles. The summed E-state index contributed by atoms with van der Waals surface area (Å²) in [5.74, 6) is 1.47. The lowest BCUT2D eigenvalue weighted by atomic mass is 10.3. The predicted molar refractivity (Wildman–Crippen MR) is 45.8 cm³/mol. The first-order chi connectivity index (χ1) is 5.97. The summed E-state index contributed by atoms with van der Waals surface area (Å²) in [6.07, 6.45) is 14.4. The third kappa shape index (κ3) is 1.32. The van der Waals surface area contributed by atoms with Crippen molar-refractivity contribution in [3.05, 3.63) is 60.5 Å². The smallest absolute Gasteiger partial charge is 0.168 e. The van der Waals surface area contributed by atoms with Gasteiger partial charge in [-0.05, 0) is 24.3 Å². The van der Waals surface area contributed by atoms with Crippen LogP contribution in [-0.2, 0) is 9.47 Å². The number of allylic oxidation sites excluding steroid dienone is 6. The average molecular weight is 160 g/mol. The number of ether oxygens (including phenoxy) is 2. The lowest BCUT2D eigenvalue weighted by Crippen LogP contribution is -1.94. The second-order valence-corrected chi connectivity index (χ2v) is 2.34. The monoisotopic (exact) mass is 160 g/mol. The van der Waals surface area contributed by atoms with Crippen molar-refractivity contribution in [2.24, 2.45) is 0 Å². The third-order valence-corrected chi connectivity index (χ3v) is 1.51. The Morgan fingerprint density at radius 1 is 0.667 bits per heavy atom. The molecule has 0 amide bonds. The van der Waals surface area contributed by atoms with Gasteiger partial charge in [0.25, 0.3) is 0 Å². The largest absolute Gasteiger partial charge is 0.461 e. The highest BCUT2D eigenvalue weighted by Gasteiger charge is 2.05. The fourth-order valence-corrected chi connectivity index (χ4v) is 0.961. The molecule has 2 aliphatic rings. The van der Waals surface area contributed by atoms with Crippen LogP contribution in [0.15, 0.2) is 60.5 Å². The molecule has 0 spiro atoms. The van der Waals surface area contributed by atoms with Gasteiger partial charge in [-0.3, -0.25) is 0 Å². The van der Waals surface area contributed by atoms with Gasteiger partial charge in [-0.1, -0.05) is 12.2 Å². The van der Waals surface area contributed by atoms with E-state index in [2.05, 4.69) is 0 Å². The lowest BCUT2D eigenvalue weighted by Gasteiger charge is -2.10. The summed E-state index contributed by atoms with van der Waals surface area (Å²) in [7, 11) is 0. The standard InChI is InChI=1S/C10H8O2/c1-3-7-11-9(5-1)10-6-2-4-8-12-10/h1-8H. The Morgan fingerprint density at radius 3 is 1.50 bits per heavy atom. The molecule has 0 N–H and O–H groups in total. The Morgan fingerprint density at radius 2 is 1.17 bits per heavy atom. The second-order valence-electron chi connectivity index (χ2n) is 2.34. The van der Waals surface area contributed by atoms with Crippen molar-refractivity contribution < 1.29 is 9.47 Å². The maximum Gasteiger partial charge on any atom is 0.168 e. The van der Waals surface area contributed by atoms with Gasteiger partial charge in [-0.25, -0.2) is 0 Å². The molecule has 0 saturated heterocycles. The summed E-state index contributed by atoms with van der Waals surface area (Å²) in [6.45, 7) is 0. The highest BCUT2D eigenvalue weighted by Crippen LogP contribution is 2.17. The highest BCUT2D eigenvalue weighted by atomic mass is 16.5. The van der Waals surface area contributed by atoms with E-state index in [0.717, 1.165) is 11.5 Å². The van der Waals surface area contributed by atoms with Crippen molar-refractivity contribution in [1.82, 2.24) is 0 Å². The second kappa shape index (κ2) is 3.13. The van der Waals surface area contributed by atoms with Crippen LogP contribution in [0.1, 0.15) is 0 Å². The van der Waals surface area contributed by atoms with Crippen molar-refractivity contribution >= 4 is 0 Å². The van der Waals surface area contributed by atoms with Crippen LogP contribution in [0.3, 0.4) is 0 Å². The fraction of sp³-hybridized carbons (Fsp3) is 0. The molecular weight excluding hydrogens is 152 g/mol. The summed E-state index contributed by atoms with van der Waals surface area (Å²) in [6, 6.07) is 0. The zero-order valence-electron chi connectivity index (χ0n) is 6.44. The molecule has 0 fully saturated rings. The Bertz CT molecular complexity index is 285. The number of hydrogen-bond acceptors (Lipinski definition) is 2. The van der Waals surface area contributed by atoms with E-state index in [-0.39, 0.29) is 0 Å². The lowest BCUT2D eigenvalue weighted by molar-refractivity contribution is 0.294. The zero-order valence-corrected chi connectivity index (χ0v) is 6.44. The third-order valence-electron chi connectivity index (χ3n) is 1.51. The minimum absolute atomic E-state index is 0.734. The highest BCUT2D eigenvalue weighted by molar-refractivity contribution is 5.32. The maximum atomic E-state index is 5.22. The van der Waals surface area contributed by atoms with Gasteiger partial charge < -0.3 is 9.47 Å². The first-order valence-electron chi connectivity index (χ1n) is 3.71. The Hall–Kier alpha value is -1.70. The van der Waals surface area contributed by atoms with E-state index < -0.39 is 0 Å². The quantitative estimate of drug-likeness (QED) is 0.541. The van der Waals surface area contributed by atoms with Crippen LogP contribution in [0.5, 0.6) is 0 Å². The van der Waals surface area contributed by atoms with E-state index in [0.29, 0.717) is 0 Å². The first kappa shape index (κ1) is 6.98. The topological polar surface area (TPSA) is 18.5 Å². The summed E-state index contributed by atoms with van der Waals surface area (Å²) < 4.78 is 10.4. The molecule has 12 heavy (non-hydrogen) atoms. The minimum Gasteiger partial charge on any atom is -0.461 e. The predicted octanol–water partition coefficient (Wildman–Crippen LogP) is 2.40. The SMILES string of the molecule is C1=COC(=C2C=CC=CO2)C=C1. The van der Waals surface area contributed by atoms with Crippen molar-refractivity contribution in [3.8, 4) is 0 Å². The maximum absolute atomic E-state index is 5.22. The molecule has 2 aliphatic heterocycles. The van der Waals surface area contributed by atoms with E-state index in [1.54, 1.807) is 12.5 Å². The van der Waals surface area contributed by atoms with Gasteiger partial charge in [0.1, 0.15) is 0 Å². The van der Waals surface area contributed by atoms with Crippen LogP contribution in [-0.4, -0.2) is 0 Å². The summed E-state index contributed by atoms with van der Waals surface area (Å²) >= 11 is 0. The van der Waals surface area contributed by atoms with Crippen molar-refractivity contribution in [2.75, 3.05) is 0 Å². The molecule has 0 unspecified atom stereocenters. The van der Waals surface area contributed by atoms with E-state index in [1.807, 2.05) is 36.5 Å². The van der Waals surface area contributed by atoms with Gasteiger partial charge in [0, 0.05) is 0 Å². The van der Waals surface area contributed by atoms with Gasteiger partial charge in [-0.15, -0.1) is 0 Å². The summed E-state index contributed by atoms with van der Waals surface area (Å²) in [5.41, 5.74) is 0. The normalized spacial score (nSPS) is 25.3. The summed E-state index contributed by atoms with van der Waals surface area (Å²) in [4.78, 5) is 0. The number of rotatable bonds is 0. The number of hydrogen-bond donors (Lipinski definition) is 0. The molecule has 2 heteroatoms. The van der Waals surface area contributed by atoms with Gasteiger partial charge in [0.15, 0.2) is 11.5 Å². The molecular formula is C10H8O2. The molecule has 2 heterocycles. The van der Waals surface area contributed by atoms with E-state index >= 15 is 0 Å². The van der Waals surface area contributed by atoms with Crippen LogP contribution >= 0.6 is 0 Å². The molecule has 0 saturated carbocycles. The average Bonchev–Trinajstić information content (AvgIpc) is 2.21. The molecule has 0 radical (unpaired) electrons. The first-order valence-corrected chi connectivity index (χ1v) is 3.71. The molecule has 2 nitrogen and oxygen atoms in total. The van der Waals surface area contributed by atoms with Crippen LogP contribution < -0.4 is 0 Å². The Balaban J connectivity index is 2.25.